The van der Waals surface area contributed by atoms with Crippen molar-refractivity contribution in [2.75, 3.05) is 7.11 Å². The molecule has 0 fully saturated rings. The summed E-state index contributed by atoms with van der Waals surface area (Å²) in [5.41, 5.74) is 4.54. The number of hydrogen-bond donors (Lipinski definition) is 1. The molecule has 27 heavy (non-hydrogen) atoms. The summed E-state index contributed by atoms with van der Waals surface area (Å²) in [5, 5.41) is 0. The first-order valence-electron chi connectivity index (χ1n) is 9.15. The fraction of sp³-hybridized carbons (Fsp3) is 0.381. The lowest BCUT2D eigenvalue weighted by atomic mass is 9.89. The van der Waals surface area contributed by atoms with E-state index in [4.69, 9.17) is 4.74 Å². The highest BCUT2D eigenvalue weighted by molar-refractivity contribution is 7.89. The summed E-state index contributed by atoms with van der Waals surface area (Å²) in [6.07, 6.45) is 4.53. The zero-order valence-electron chi connectivity index (χ0n) is 15.9. The van der Waals surface area contributed by atoms with Crippen LogP contribution < -0.4 is 4.72 Å². The topological polar surface area (TPSA) is 72.5 Å². The molecule has 0 aromatic heterocycles. The summed E-state index contributed by atoms with van der Waals surface area (Å²) in [4.78, 5) is 11.9. The predicted octanol–water partition coefficient (Wildman–Crippen LogP) is 3.70. The Kier molecular flexibility index (Phi) is 5.67. The van der Waals surface area contributed by atoms with Gasteiger partial charge in [-0.2, -0.15) is 0 Å². The third-order valence-electron chi connectivity index (χ3n) is 5.13. The molecule has 1 atom stereocenters. The second kappa shape index (κ2) is 7.82. The number of nitrogens with one attached hydrogen (secondary N) is 1. The highest BCUT2D eigenvalue weighted by Gasteiger charge is 2.22. The molecule has 1 aliphatic carbocycles. The van der Waals surface area contributed by atoms with Crippen molar-refractivity contribution in [1.82, 2.24) is 4.72 Å². The molecule has 5 nitrogen and oxygen atoms in total. The van der Waals surface area contributed by atoms with Crippen molar-refractivity contribution in [3.63, 3.8) is 0 Å². The van der Waals surface area contributed by atoms with Crippen LogP contribution in [0.4, 0.5) is 0 Å². The van der Waals surface area contributed by atoms with E-state index in [1.807, 2.05) is 13.0 Å². The standard InChI is InChI=1S/C21H25NO4S/c1-14-8-11-19(13-20(14)21(23)26-3)27(24,25)22-15(2)17-10-9-16-6-4-5-7-18(16)12-17/h8-13,15,22H,4-7H2,1-3H3. The van der Waals surface area contributed by atoms with Crippen molar-refractivity contribution in [3.8, 4) is 0 Å². The lowest BCUT2D eigenvalue weighted by molar-refractivity contribution is 0.0599. The molecule has 0 radical (unpaired) electrons. The van der Waals surface area contributed by atoms with Gasteiger partial charge in [0, 0.05) is 6.04 Å². The molecule has 1 aliphatic rings. The van der Waals surface area contributed by atoms with Gasteiger partial charge >= 0.3 is 5.97 Å². The number of rotatable bonds is 5. The minimum atomic E-state index is -3.77. The predicted molar refractivity (Wildman–Crippen MR) is 104 cm³/mol. The van der Waals surface area contributed by atoms with Crippen LogP contribution in [-0.2, 0) is 27.6 Å². The van der Waals surface area contributed by atoms with Gasteiger partial charge in [0.2, 0.25) is 10.0 Å². The molecule has 0 aliphatic heterocycles. The summed E-state index contributed by atoms with van der Waals surface area (Å²) in [6, 6.07) is 10.3. The molecule has 0 spiro atoms. The highest BCUT2D eigenvalue weighted by Crippen LogP contribution is 2.26. The van der Waals surface area contributed by atoms with Gasteiger partial charge in [-0.3, -0.25) is 0 Å². The van der Waals surface area contributed by atoms with Gasteiger partial charge in [0.25, 0.3) is 0 Å². The van der Waals surface area contributed by atoms with Crippen LogP contribution in [0.1, 0.15) is 58.4 Å². The Balaban J connectivity index is 1.85. The highest BCUT2D eigenvalue weighted by atomic mass is 32.2. The van der Waals surface area contributed by atoms with Gasteiger partial charge in [-0.05, 0) is 73.9 Å². The SMILES string of the molecule is COC(=O)c1cc(S(=O)(=O)NC(C)c2ccc3c(c2)CCCC3)ccc1C. The number of methoxy groups -OCH3 is 1. The smallest absolute Gasteiger partial charge is 0.338 e. The van der Waals surface area contributed by atoms with Gasteiger partial charge in [0.15, 0.2) is 0 Å². The molecule has 1 unspecified atom stereocenters. The summed E-state index contributed by atoms with van der Waals surface area (Å²) in [6.45, 7) is 3.57. The molecule has 144 valence electrons. The maximum Gasteiger partial charge on any atom is 0.338 e. The fourth-order valence-electron chi connectivity index (χ4n) is 3.49. The summed E-state index contributed by atoms with van der Waals surface area (Å²) in [5.74, 6) is -0.549. The number of hydrogen-bond acceptors (Lipinski definition) is 4. The van der Waals surface area contributed by atoms with Crippen LogP contribution in [0.2, 0.25) is 0 Å². The fourth-order valence-corrected chi connectivity index (χ4v) is 4.75. The number of carbonyl (C=O) groups excluding carboxylic acids is 1. The Morgan fingerprint density at radius 2 is 1.78 bits per heavy atom. The molecule has 0 amide bonds. The second-order valence-electron chi connectivity index (χ2n) is 7.05. The quantitative estimate of drug-likeness (QED) is 0.794. The van der Waals surface area contributed by atoms with Gasteiger partial charge < -0.3 is 4.74 Å². The zero-order valence-corrected chi connectivity index (χ0v) is 16.7. The zero-order chi connectivity index (χ0) is 19.6. The van der Waals surface area contributed by atoms with E-state index in [1.165, 1.54) is 43.2 Å². The van der Waals surface area contributed by atoms with Gasteiger partial charge in [-0.25, -0.2) is 17.9 Å². The van der Waals surface area contributed by atoms with Gasteiger partial charge in [0.1, 0.15) is 0 Å². The molecule has 0 saturated heterocycles. The summed E-state index contributed by atoms with van der Waals surface area (Å²) in [7, 11) is -2.49. The van der Waals surface area contributed by atoms with Gasteiger partial charge in [0.05, 0.1) is 17.6 Å². The molecule has 0 saturated carbocycles. The van der Waals surface area contributed by atoms with Crippen molar-refractivity contribution in [1.29, 1.82) is 0 Å². The van der Waals surface area contributed by atoms with Crippen LogP contribution in [0, 0.1) is 6.92 Å². The monoisotopic (exact) mass is 387 g/mol. The van der Waals surface area contributed by atoms with Crippen molar-refractivity contribution in [3.05, 3.63) is 64.2 Å². The Hall–Kier alpha value is -2.18. The molecule has 0 heterocycles. The van der Waals surface area contributed by atoms with Crippen molar-refractivity contribution in [2.45, 2.75) is 50.5 Å². The first-order valence-corrected chi connectivity index (χ1v) is 10.6. The minimum Gasteiger partial charge on any atom is -0.465 e. The number of sulfonamides is 1. The molecule has 6 heteroatoms. The average Bonchev–Trinajstić information content (AvgIpc) is 2.66. The Morgan fingerprint density at radius 3 is 2.48 bits per heavy atom. The number of aryl methyl sites for hydroxylation is 3. The Labute approximate surface area is 160 Å². The molecular weight excluding hydrogens is 362 g/mol. The van der Waals surface area contributed by atoms with Crippen molar-refractivity contribution >= 4 is 16.0 Å². The maximum atomic E-state index is 12.8. The summed E-state index contributed by atoms with van der Waals surface area (Å²) < 4.78 is 33.1. The van der Waals surface area contributed by atoms with Crippen LogP contribution in [0.3, 0.4) is 0 Å². The first kappa shape index (κ1) is 19.6. The maximum absolute atomic E-state index is 12.8. The van der Waals surface area contributed by atoms with E-state index < -0.39 is 16.0 Å². The Morgan fingerprint density at radius 1 is 1.07 bits per heavy atom. The third-order valence-corrected chi connectivity index (χ3v) is 6.67. The van der Waals surface area contributed by atoms with Crippen LogP contribution in [-0.4, -0.2) is 21.5 Å². The van der Waals surface area contributed by atoms with E-state index in [2.05, 4.69) is 16.9 Å². The normalized spacial score (nSPS) is 15.1. The number of fused-ring (bicyclic) bond motifs is 1. The third kappa shape index (κ3) is 4.22. The van der Waals surface area contributed by atoms with E-state index in [0.29, 0.717) is 5.56 Å². The number of ether oxygens (including phenoxy) is 1. The van der Waals surface area contributed by atoms with Gasteiger partial charge in [-0.15, -0.1) is 0 Å². The largest absolute Gasteiger partial charge is 0.465 e. The molecule has 2 aromatic rings. The lowest BCUT2D eigenvalue weighted by Gasteiger charge is -2.20. The first-order chi connectivity index (χ1) is 12.8. The second-order valence-corrected chi connectivity index (χ2v) is 8.76. The Bertz CT molecular complexity index is 966. The molecule has 0 bridgehead atoms. The number of esters is 1. The van der Waals surface area contributed by atoms with Crippen molar-refractivity contribution < 1.29 is 17.9 Å². The lowest BCUT2D eigenvalue weighted by Crippen LogP contribution is -2.27. The van der Waals surface area contributed by atoms with Crippen LogP contribution >= 0.6 is 0 Å². The number of benzene rings is 2. The molecule has 3 rings (SSSR count). The minimum absolute atomic E-state index is 0.0540. The molecule has 2 aromatic carbocycles. The van der Waals surface area contributed by atoms with Crippen LogP contribution in [0.15, 0.2) is 41.3 Å². The number of carbonyl (C=O) groups is 1. The van der Waals surface area contributed by atoms with E-state index in [9.17, 15) is 13.2 Å². The van der Waals surface area contributed by atoms with E-state index >= 15 is 0 Å². The van der Waals surface area contributed by atoms with E-state index in [1.54, 1.807) is 13.0 Å². The molecular formula is C21H25NO4S. The molecule has 1 N–H and O–H groups in total. The average molecular weight is 388 g/mol. The van der Waals surface area contributed by atoms with E-state index in [0.717, 1.165) is 18.4 Å². The van der Waals surface area contributed by atoms with Crippen LogP contribution in [0.25, 0.3) is 0 Å². The van der Waals surface area contributed by atoms with Gasteiger partial charge in [-0.1, -0.05) is 24.3 Å². The summed E-state index contributed by atoms with van der Waals surface area (Å²) >= 11 is 0. The van der Waals surface area contributed by atoms with E-state index in [-0.39, 0.29) is 16.5 Å². The van der Waals surface area contributed by atoms with Crippen molar-refractivity contribution in [2.24, 2.45) is 0 Å². The van der Waals surface area contributed by atoms with Crippen LogP contribution in [0.5, 0.6) is 0 Å².